The molecule has 0 unspecified atom stereocenters. The third-order valence-electron chi connectivity index (χ3n) is 3.68. The summed E-state index contributed by atoms with van der Waals surface area (Å²) in [7, 11) is 0. The van der Waals surface area contributed by atoms with Gasteiger partial charge in [0.15, 0.2) is 0 Å². The number of anilines is 1. The summed E-state index contributed by atoms with van der Waals surface area (Å²) in [6.07, 6.45) is 4.06. The van der Waals surface area contributed by atoms with Crippen LogP contribution in [0.25, 0.3) is 0 Å². The van der Waals surface area contributed by atoms with Gasteiger partial charge in [-0.2, -0.15) is 0 Å². The number of hydrogen-bond acceptors (Lipinski definition) is 2. The lowest BCUT2D eigenvalue weighted by molar-refractivity contribution is 0.0689. The first-order valence-electron chi connectivity index (χ1n) is 6.60. The Morgan fingerprint density at radius 3 is 2.53 bits per heavy atom. The molecule has 0 aliphatic heterocycles. The Labute approximate surface area is 111 Å². The van der Waals surface area contributed by atoms with Gasteiger partial charge in [0, 0.05) is 18.7 Å². The summed E-state index contributed by atoms with van der Waals surface area (Å²) in [4.78, 5) is 14.0. The number of rotatable bonds is 3. The molecule has 3 nitrogen and oxygen atoms in total. The van der Waals surface area contributed by atoms with Crippen LogP contribution in [0.5, 0.6) is 0 Å². The Hall–Kier alpha value is -1.65. The van der Waals surface area contributed by atoms with Gasteiger partial charge in [0.05, 0.1) is 11.3 Å². The molecule has 1 aromatic rings. The zero-order valence-corrected chi connectivity index (χ0v) is 11.0. The minimum absolute atomic E-state index is 0.146. The second-order valence-electron chi connectivity index (χ2n) is 4.88. The molecule has 104 valence electrons. The molecule has 2 rings (SSSR count). The van der Waals surface area contributed by atoms with Crippen LogP contribution >= 0.6 is 0 Å². The standard InChI is InChI=1S/C14H18F2N2O/c1-2-18(9-5-3-4-6-9)14(19)10-7-13(17)12(16)8-11(10)15/h7-9H,2-6,17H2,1H3. The fraction of sp³-hybridized carbons (Fsp3) is 0.500. The van der Waals surface area contributed by atoms with Gasteiger partial charge in [0.25, 0.3) is 5.91 Å². The van der Waals surface area contributed by atoms with Crippen molar-refractivity contribution in [3.8, 4) is 0 Å². The van der Waals surface area contributed by atoms with Crippen molar-refractivity contribution in [2.45, 2.75) is 38.6 Å². The molecule has 5 heteroatoms. The van der Waals surface area contributed by atoms with Crippen molar-refractivity contribution < 1.29 is 13.6 Å². The van der Waals surface area contributed by atoms with Gasteiger partial charge < -0.3 is 10.6 Å². The SMILES string of the molecule is CCN(C(=O)c1cc(N)c(F)cc1F)C1CCCC1. The monoisotopic (exact) mass is 268 g/mol. The second-order valence-corrected chi connectivity index (χ2v) is 4.88. The molecular formula is C14H18F2N2O. The van der Waals surface area contributed by atoms with Crippen molar-refractivity contribution in [1.82, 2.24) is 4.90 Å². The van der Waals surface area contributed by atoms with Crippen molar-refractivity contribution in [2.75, 3.05) is 12.3 Å². The lowest BCUT2D eigenvalue weighted by Crippen LogP contribution is -2.39. The molecule has 19 heavy (non-hydrogen) atoms. The van der Waals surface area contributed by atoms with Gasteiger partial charge in [-0.15, -0.1) is 0 Å². The van der Waals surface area contributed by atoms with E-state index in [1.807, 2.05) is 6.92 Å². The lowest BCUT2D eigenvalue weighted by atomic mass is 10.1. The summed E-state index contributed by atoms with van der Waals surface area (Å²) >= 11 is 0. The maximum atomic E-state index is 13.7. The van der Waals surface area contributed by atoms with Crippen LogP contribution in [-0.4, -0.2) is 23.4 Å². The Morgan fingerprint density at radius 1 is 1.32 bits per heavy atom. The Balaban J connectivity index is 2.29. The average molecular weight is 268 g/mol. The van der Waals surface area contributed by atoms with Crippen molar-refractivity contribution >= 4 is 11.6 Å². The van der Waals surface area contributed by atoms with E-state index in [9.17, 15) is 13.6 Å². The average Bonchev–Trinajstić information content (AvgIpc) is 2.88. The summed E-state index contributed by atoms with van der Waals surface area (Å²) in [6, 6.07) is 1.92. The predicted molar refractivity (Wildman–Crippen MR) is 69.7 cm³/mol. The largest absolute Gasteiger partial charge is 0.396 e. The van der Waals surface area contributed by atoms with Crippen LogP contribution in [0.1, 0.15) is 43.0 Å². The molecule has 2 N–H and O–H groups in total. The summed E-state index contributed by atoms with van der Waals surface area (Å²) in [5.74, 6) is -2.09. The topological polar surface area (TPSA) is 46.3 Å². The van der Waals surface area contributed by atoms with Crippen LogP contribution in [0, 0.1) is 11.6 Å². The fourth-order valence-corrected chi connectivity index (χ4v) is 2.67. The predicted octanol–water partition coefficient (Wildman–Crippen LogP) is 2.95. The van der Waals surface area contributed by atoms with Crippen molar-refractivity contribution in [1.29, 1.82) is 0 Å². The highest BCUT2D eigenvalue weighted by Gasteiger charge is 2.28. The highest BCUT2D eigenvalue weighted by atomic mass is 19.1. The zero-order chi connectivity index (χ0) is 14.0. The lowest BCUT2D eigenvalue weighted by Gasteiger charge is -2.28. The third kappa shape index (κ3) is 2.69. The van der Waals surface area contributed by atoms with Gasteiger partial charge in [0.1, 0.15) is 11.6 Å². The molecule has 0 atom stereocenters. The number of nitrogens with zero attached hydrogens (tertiary/aromatic N) is 1. The van der Waals surface area contributed by atoms with Gasteiger partial charge in [-0.25, -0.2) is 8.78 Å². The normalized spacial score (nSPS) is 15.7. The molecule has 0 heterocycles. The summed E-state index contributed by atoms with van der Waals surface area (Å²) < 4.78 is 26.8. The van der Waals surface area contributed by atoms with E-state index in [0.29, 0.717) is 12.6 Å². The van der Waals surface area contributed by atoms with Crippen molar-refractivity contribution in [3.05, 3.63) is 29.3 Å². The first-order chi connectivity index (χ1) is 9.04. The quantitative estimate of drug-likeness (QED) is 0.857. The molecule has 1 aliphatic carbocycles. The first kappa shape index (κ1) is 13.8. The van der Waals surface area contributed by atoms with Crippen LogP contribution in [-0.2, 0) is 0 Å². The van der Waals surface area contributed by atoms with E-state index in [1.54, 1.807) is 4.90 Å². The first-order valence-corrected chi connectivity index (χ1v) is 6.60. The van der Waals surface area contributed by atoms with E-state index < -0.39 is 17.5 Å². The molecule has 0 spiro atoms. The van der Waals surface area contributed by atoms with E-state index in [1.165, 1.54) is 0 Å². The summed E-state index contributed by atoms with van der Waals surface area (Å²) in [5, 5.41) is 0. The van der Waals surface area contributed by atoms with Crippen LogP contribution in [0.4, 0.5) is 14.5 Å². The molecule has 0 saturated heterocycles. The number of nitrogen functional groups attached to an aromatic ring is 1. The van der Waals surface area contributed by atoms with Crippen LogP contribution in [0.15, 0.2) is 12.1 Å². The van der Waals surface area contributed by atoms with E-state index in [2.05, 4.69) is 0 Å². The maximum absolute atomic E-state index is 13.7. The van der Waals surface area contributed by atoms with Gasteiger partial charge in [-0.3, -0.25) is 4.79 Å². The summed E-state index contributed by atoms with van der Waals surface area (Å²) in [5.41, 5.74) is 5.06. The number of carbonyl (C=O) groups is 1. The summed E-state index contributed by atoms with van der Waals surface area (Å²) in [6.45, 7) is 2.38. The molecule has 0 bridgehead atoms. The molecule has 0 radical (unpaired) electrons. The van der Waals surface area contributed by atoms with E-state index >= 15 is 0 Å². The van der Waals surface area contributed by atoms with E-state index in [4.69, 9.17) is 5.73 Å². The molecule has 1 fully saturated rings. The number of nitrogens with two attached hydrogens (primary N) is 1. The Kier molecular flexibility index (Phi) is 4.02. The zero-order valence-electron chi connectivity index (χ0n) is 11.0. The van der Waals surface area contributed by atoms with Gasteiger partial charge >= 0.3 is 0 Å². The minimum Gasteiger partial charge on any atom is -0.396 e. The fourth-order valence-electron chi connectivity index (χ4n) is 2.67. The van der Waals surface area contributed by atoms with E-state index in [0.717, 1.165) is 31.7 Å². The molecule has 1 amide bonds. The minimum atomic E-state index is -0.854. The van der Waals surface area contributed by atoms with Gasteiger partial charge in [-0.05, 0) is 25.8 Å². The van der Waals surface area contributed by atoms with Crippen molar-refractivity contribution in [2.24, 2.45) is 0 Å². The van der Waals surface area contributed by atoms with Gasteiger partial charge in [-0.1, -0.05) is 12.8 Å². The smallest absolute Gasteiger partial charge is 0.257 e. The van der Waals surface area contributed by atoms with E-state index in [-0.39, 0.29) is 17.3 Å². The number of carbonyl (C=O) groups excluding carboxylic acids is 1. The molecular weight excluding hydrogens is 250 g/mol. The molecule has 1 aromatic carbocycles. The van der Waals surface area contributed by atoms with Crippen LogP contribution < -0.4 is 5.73 Å². The highest BCUT2D eigenvalue weighted by Crippen LogP contribution is 2.26. The number of hydrogen-bond donors (Lipinski definition) is 1. The van der Waals surface area contributed by atoms with Crippen LogP contribution in [0.2, 0.25) is 0 Å². The van der Waals surface area contributed by atoms with Crippen LogP contribution in [0.3, 0.4) is 0 Å². The van der Waals surface area contributed by atoms with Gasteiger partial charge in [0.2, 0.25) is 0 Å². The second kappa shape index (κ2) is 5.55. The number of halogens is 2. The number of amides is 1. The number of benzene rings is 1. The van der Waals surface area contributed by atoms with Crippen molar-refractivity contribution in [3.63, 3.8) is 0 Å². The molecule has 0 aromatic heterocycles. The molecule has 1 aliphatic rings. The Morgan fingerprint density at radius 2 is 1.95 bits per heavy atom. The third-order valence-corrected chi connectivity index (χ3v) is 3.68. The maximum Gasteiger partial charge on any atom is 0.257 e. The molecule has 1 saturated carbocycles. The highest BCUT2D eigenvalue weighted by molar-refractivity contribution is 5.95. The Bertz CT molecular complexity index is 485.